The highest BCUT2D eigenvalue weighted by Crippen LogP contribution is 2.18. The fourth-order valence-corrected chi connectivity index (χ4v) is 1.74. The van der Waals surface area contributed by atoms with Crippen molar-refractivity contribution in [1.29, 1.82) is 0 Å². The second-order valence-electron chi connectivity index (χ2n) is 3.95. The third kappa shape index (κ3) is 3.47. The number of ether oxygens (including phenoxy) is 1. The second kappa shape index (κ2) is 6.42. The van der Waals surface area contributed by atoms with Crippen LogP contribution >= 0.6 is 0 Å². The average Bonchev–Trinajstić information content (AvgIpc) is 2.46. The lowest BCUT2D eigenvalue weighted by atomic mass is 10.1. The van der Waals surface area contributed by atoms with Crippen LogP contribution in [0.15, 0.2) is 41.5 Å². The number of pyridine rings is 1. The highest BCUT2D eigenvalue weighted by atomic mass is 16.5. The molecule has 2 rings (SSSR count). The molecule has 5 nitrogen and oxygen atoms in total. The standard InChI is InChI=1S/C14H14N4O/c1-19-14-8-6-12-10-11(5-7-13(12)17-14)4-2-3-9-16-18-15/h2,4-8,10H,3,9H2,1H3. The van der Waals surface area contributed by atoms with Gasteiger partial charge in [0.2, 0.25) is 5.88 Å². The van der Waals surface area contributed by atoms with Gasteiger partial charge in [0, 0.05) is 22.9 Å². The van der Waals surface area contributed by atoms with E-state index in [2.05, 4.69) is 21.1 Å². The van der Waals surface area contributed by atoms with Crippen LogP contribution in [0, 0.1) is 0 Å². The van der Waals surface area contributed by atoms with Crippen molar-refractivity contribution < 1.29 is 4.74 Å². The number of rotatable bonds is 5. The first-order chi connectivity index (χ1) is 9.33. The maximum absolute atomic E-state index is 8.16. The number of methoxy groups -OCH3 is 1. The Bertz CT molecular complexity index is 645. The smallest absolute Gasteiger partial charge is 0.213 e. The van der Waals surface area contributed by atoms with E-state index in [0.29, 0.717) is 12.4 Å². The minimum Gasteiger partial charge on any atom is -0.481 e. The SMILES string of the molecule is COc1ccc2cc(C=CCCN=[N+]=[N-])ccc2n1. The van der Waals surface area contributed by atoms with Gasteiger partial charge in [-0.25, -0.2) is 4.98 Å². The molecule has 2 aromatic rings. The number of azide groups is 1. The molecule has 0 bridgehead atoms. The summed E-state index contributed by atoms with van der Waals surface area (Å²) in [7, 11) is 1.61. The number of hydrogen-bond acceptors (Lipinski definition) is 3. The molecular formula is C14H14N4O. The molecule has 0 radical (unpaired) electrons. The molecule has 0 N–H and O–H groups in total. The number of nitrogens with zero attached hydrogens (tertiary/aromatic N) is 4. The lowest BCUT2D eigenvalue weighted by molar-refractivity contribution is 0.399. The largest absolute Gasteiger partial charge is 0.481 e. The van der Waals surface area contributed by atoms with Crippen LogP contribution in [-0.2, 0) is 0 Å². The highest BCUT2D eigenvalue weighted by molar-refractivity contribution is 5.81. The van der Waals surface area contributed by atoms with Crippen molar-refractivity contribution in [3.8, 4) is 5.88 Å². The van der Waals surface area contributed by atoms with Gasteiger partial charge < -0.3 is 4.74 Å². The Morgan fingerprint density at radius 1 is 1.37 bits per heavy atom. The van der Waals surface area contributed by atoms with Crippen LogP contribution in [0.2, 0.25) is 0 Å². The molecule has 96 valence electrons. The minimum absolute atomic E-state index is 0.485. The molecule has 0 aliphatic carbocycles. The summed E-state index contributed by atoms with van der Waals surface area (Å²) in [5, 5.41) is 4.55. The fourth-order valence-electron chi connectivity index (χ4n) is 1.74. The van der Waals surface area contributed by atoms with Gasteiger partial charge in [-0.1, -0.05) is 23.3 Å². The van der Waals surface area contributed by atoms with Gasteiger partial charge in [0.25, 0.3) is 0 Å². The van der Waals surface area contributed by atoms with Gasteiger partial charge >= 0.3 is 0 Å². The molecule has 0 saturated heterocycles. The maximum Gasteiger partial charge on any atom is 0.213 e. The lowest BCUT2D eigenvalue weighted by Gasteiger charge is -2.02. The third-order valence-corrected chi connectivity index (χ3v) is 2.67. The summed E-state index contributed by atoms with van der Waals surface area (Å²) in [5.41, 5.74) is 10.2. The van der Waals surface area contributed by atoms with Crippen molar-refractivity contribution in [2.45, 2.75) is 6.42 Å². The molecule has 1 heterocycles. The van der Waals surface area contributed by atoms with E-state index >= 15 is 0 Å². The van der Waals surface area contributed by atoms with E-state index in [1.165, 1.54) is 0 Å². The Kier molecular flexibility index (Phi) is 4.37. The normalized spacial score (nSPS) is 10.6. The van der Waals surface area contributed by atoms with E-state index in [-0.39, 0.29) is 0 Å². The summed E-state index contributed by atoms with van der Waals surface area (Å²) in [6.07, 6.45) is 4.74. The van der Waals surface area contributed by atoms with Gasteiger partial charge in [0.15, 0.2) is 0 Å². The molecular weight excluding hydrogens is 240 g/mol. The van der Waals surface area contributed by atoms with Crippen LogP contribution in [0.1, 0.15) is 12.0 Å². The molecule has 19 heavy (non-hydrogen) atoms. The average molecular weight is 254 g/mol. The Labute approximate surface area is 111 Å². The summed E-state index contributed by atoms with van der Waals surface area (Å²) in [4.78, 5) is 7.06. The van der Waals surface area contributed by atoms with E-state index in [0.717, 1.165) is 22.9 Å². The maximum atomic E-state index is 8.16. The predicted octanol–water partition coefficient (Wildman–Crippen LogP) is 3.96. The number of fused-ring (bicyclic) bond motifs is 1. The van der Waals surface area contributed by atoms with E-state index in [9.17, 15) is 0 Å². The molecule has 0 fully saturated rings. The molecule has 0 aliphatic heterocycles. The van der Waals surface area contributed by atoms with Gasteiger partial charge in [-0.2, -0.15) is 0 Å². The first kappa shape index (κ1) is 12.9. The zero-order chi connectivity index (χ0) is 13.5. The van der Waals surface area contributed by atoms with Crippen molar-refractivity contribution in [3.63, 3.8) is 0 Å². The van der Waals surface area contributed by atoms with Crippen molar-refractivity contribution in [2.24, 2.45) is 5.11 Å². The molecule has 0 aliphatic rings. The van der Waals surface area contributed by atoms with Gasteiger partial charge in [0.05, 0.1) is 12.6 Å². The Hall–Kier alpha value is -2.52. The quantitative estimate of drug-likeness (QED) is 0.350. The zero-order valence-electron chi connectivity index (χ0n) is 10.7. The van der Waals surface area contributed by atoms with Gasteiger partial charge in [-0.15, -0.1) is 0 Å². The topological polar surface area (TPSA) is 70.9 Å². The Morgan fingerprint density at radius 3 is 3.05 bits per heavy atom. The number of aromatic nitrogens is 1. The van der Waals surface area contributed by atoms with E-state index < -0.39 is 0 Å². The van der Waals surface area contributed by atoms with Crippen molar-refractivity contribution in [2.75, 3.05) is 13.7 Å². The molecule has 5 heteroatoms. The minimum atomic E-state index is 0.485. The monoisotopic (exact) mass is 254 g/mol. The lowest BCUT2D eigenvalue weighted by Crippen LogP contribution is -1.87. The molecule has 0 unspecified atom stereocenters. The summed E-state index contributed by atoms with van der Waals surface area (Å²) in [6, 6.07) is 9.85. The molecule has 0 saturated carbocycles. The summed E-state index contributed by atoms with van der Waals surface area (Å²) >= 11 is 0. The summed E-state index contributed by atoms with van der Waals surface area (Å²) < 4.78 is 5.09. The van der Waals surface area contributed by atoms with Gasteiger partial charge in [-0.05, 0) is 35.7 Å². The van der Waals surface area contributed by atoms with Crippen molar-refractivity contribution in [3.05, 3.63) is 52.4 Å². The number of hydrogen-bond donors (Lipinski definition) is 0. The Balaban J connectivity index is 2.15. The van der Waals surface area contributed by atoms with E-state index in [1.54, 1.807) is 7.11 Å². The summed E-state index contributed by atoms with van der Waals surface area (Å²) in [6.45, 7) is 0.485. The zero-order valence-corrected chi connectivity index (χ0v) is 10.7. The van der Waals surface area contributed by atoms with Crippen LogP contribution in [0.3, 0.4) is 0 Å². The first-order valence-electron chi connectivity index (χ1n) is 5.95. The second-order valence-corrected chi connectivity index (χ2v) is 3.95. The van der Waals surface area contributed by atoms with Gasteiger partial charge in [0.1, 0.15) is 0 Å². The van der Waals surface area contributed by atoms with E-state index in [4.69, 9.17) is 10.3 Å². The van der Waals surface area contributed by atoms with Crippen molar-refractivity contribution >= 4 is 17.0 Å². The summed E-state index contributed by atoms with van der Waals surface area (Å²) in [5.74, 6) is 0.616. The fraction of sp³-hybridized carbons (Fsp3) is 0.214. The van der Waals surface area contributed by atoms with E-state index in [1.807, 2.05) is 36.4 Å². The van der Waals surface area contributed by atoms with Crippen LogP contribution in [0.5, 0.6) is 5.88 Å². The third-order valence-electron chi connectivity index (χ3n) is 2.67. The Morgan fingerprint density at radius 2 is 2.26 bits per heavy atom. The van der Waals surface area contributed by atoms with Crippen molar-refractivity contribution in [1.82, 2.24) is 4.98 Å². The highest BCUT2D eigenvalue weighted by Gasteiger charge is 1.98. The van der Waals surface area contributed by atoms with Crippen LogP contribution in [0.4, 0.5) is 0 Å². The van der Waals surface area contributed by atoms with Gasteiger partial charge in [-0.3, -0.25) is 0 Å². The first-order valence-corrected chi connectivity index (χ1v) is 5.95. The van der Waals surface area contributed by atoms with Crippen LogP contribution < -0.4 is 4.74 Å². The molecule has 1 aromatic carbocycles. The number of benzene rings is 1. The predicted molar refractivity (Wildman–Crippen MR) is 76.0 cm³/mol. The molecule has 0 atom stereocenters. The van der Waals surface area contributed by atoms with Crippen LogP contribution in [-0.4, -0.2) is 18.6 Å². The molecule has 1 aromatic heterocycles. The van der Waals surface area contributed by atoms with Crippen LogP contribution in [0.25, 0.3) is 27.4 Å². The molecule has 0 amide bonds. The molecule has 0 spiro atoms.